The predicted molar refractivity (Wildman–Crippen MR) is 141 cm³/mol. The van der Waals surface area contributed by atoms with Gasteiger partial charge in [0.2, 0.25) is 0 Å². The number of allylic oxidation sites excluding steroid dienone is 1. The molecule has 0 aromatic heterocycles. The van der Waals surface area contributed by atoms with E-state index in [-0.39, 0.29) is 23.7 Å². The maximum atomic E-state index is 13.0. The third kappa shape index (κ3) is 8.12. The number of methoxy groups -OCH3 is 1. The van der Waals surface area contributed by atoms with Crippen LogP contribution in [0.2, 0.25) is 0 Å². The van der Waals surface area contributed by atoms with E-state index in [1.807, 2.05) is 6.07 Å². The molecule has 0 aliphatic heterocycles. The molecule has 0 bridgehead atoms. The molecule has 0 aliphatic rings. The van der Waals surface area contributed by atoms with Gasteiger partial charge in [0.05, 0.1) is 7.11 Å². The Hall–Kier alpha value is -4.79. The minimum atomic E-state index is -1.08. The van der Waals surface area contributed by atoms with Crippen molar-refractivity contribution in [1.82, 2.24) is 0 Å². The molecule has 3 rings (SSSR count). The third-order valence-electron chi connectivity index (χ3n) is 5.55. The van der Waals surface area contributed by atoms with Crippen molar-refractivity contribution in [3.63, 3.8) is 0 Å². The Morgan fingerprint density at radius 1 is 1.00 bits per heavy atom. The summed E-state index contributed by atoms with van der Waals surface area (Å²) in [6.07, 6.45) is 0.589. The highest BCUT2D eigenvalue weighted by molar-refractivity contribution is 5.95. The molecule has 0 radical (unpaired) electrons. The molecule has 9 heteroatoms. The second-order valence-corrected chi connectivity index (χ2v) is 8.30. The smallest absolute Gasteiger partial charge is 0.412 e. The SMILES string of the molecule is COc1ccc([C@H](OC(=O)Nc2ccc(C(C)=O)cc2)[C@H](CC/C=C/C(=O)O)Oc2ccccc2)cc1O. The van der Waals surface area contributed by atoms with E-state index in [9.17, 15) is 19.5 Å². The van der Waals surface area contributed by atoms with Gasteiger partial charge in [0, 0.05) is 22.9 Å². The number of ether oxygens (including phenoxy) is 3. The average Bonchev–Trinajstić information content (AvgIpc) is 2.90. The van der Waals surface area contributed by atoms with E-state index in [1.54, 1.807) is 60.7 Å². The number of phenolic OH excluding ortho intramolecular Hbond substituents is 1. The van der Waals surface area contributed by atoms with Crippen molar-refractivity contribution in [3.05, 3.63) is 96.1 Å². The van der Waals surface area contributed by atoms with E-state index in [0.717, 1.165) is 6.08 Å². The number of hydrogen-bond acceptors (Lipinski definition) is 7. The molecule has 3 aromatic carbocycles. The van der Waals surface area contributed by atoms with Gasteiger partial charge in [0.15, 0.2) is 23.4 Å². The van der Waals surface area contributed by atoms with Crippen LogP contribution in [0, 0.1) is 0 Å². The first-order valence-electron chi connectivity index (χ1n) is 11.8. The number of ketones is 1. The van der Waals surface area contributed by atoms with Crippen LogP contribution < -0.4 is 14.8 Å². The molecule has 0 saturated carbocycles. The highest BCUT2D eigenvalue weighted by Crippen LogP contribution is 2.34. The number of aliphatic carboxylic acids is 1. The summed E-state index contributed by atoms with van der Waals surface area (Å²) in [6, 6.07) is 19.9. The first kappa shape index (κ1) is 27.8. The Morgan fingerprint density at radius 3 is 2.32 bits per heavy atom. The second kappa shape index (κ2) is 13.5. The van der Waals surface area contributed by atoms with Crippen molar-refractivity contribution < 1.29 is 38.8 Å². The molecular formula is C29H29NO8. The molecule has 0 unspecified atom stereocenters. The summed E-state index contributed by atoms with van der Waals surface area (Å²) in [5, 5.41) is 22.0. The number of benzene rings is 3. The third-order valence-corrected chi connectivity index (χ3v) is 5.55. The molecule has 3 N–H and O–H groups in total. The van der Waals surface area contributed by atoms with Crippen LogP contribution in [0.1, 0.15) is 41.8 Å². The minimum absolute atomic E-state index is 0.101. The number of carboxylic acids is 1. The van der Waals surface area contributed by atoms with Gasteiger partial charge in [-0.3, -0.25) is 10.1 Å². The number of carbonyl (C=O) groups excluding carboxylic acids is 2. The number of carbonyl (C=O) groups is 3. The number of carboxylic acid groups (broad SMARTS) is 1. The predicted octanol–water partition coefficient (Wildman–Crippen LogP) is 5.76. The van der Waals surface area contributed by atoms with Crippen LogP contribution in [0.4, 0.5) is 10.5 Å². The molecule has 9 nitrogen and oxygen atoms in total. The van der Waals surface area contributed by atoms with Crippen molar-refractivity contribution in [2.24, 2.45) is 0 Å². The standard InChI is InChI=1S/C29H29NO8/c1-19(31)20-12-15-22(16-13-20)30-29(35)38-28(21-14-17-25(36-2)24(32)18-21)26(10-6-7-11-27(33)34)37-23-8-4-3-5-9-23/h3-5,7-9,11-18,26,28,32H,6,10H2,1-2H3,(H,30,35)(H,33,34)/b11-7+/t26-,28-/m0/s1. The van der Waals surface area contributed by atoms with Gasteiger partial charge in [-0.25, -0.2) is 9.59 Å². The van der Waals surface area contributed by atoms with Gasteiger partial charge < -0.3 is 24.4 Å². The average molecular weight is 520 g/mol. The van der Waals surface area contributed by atoms with Gasteiger partial charge in [-0.1, -0.05) is 30.3 Å². The number of nitrogens with one attached hydrogen (secondary N) is 1. The van der Waals surface area contributed by atoms with E-state index < -0.39 is 24.3 Å². The quantitative estimate of drug-likeness (QED) is 0.203. The van der Waals surface area contributed by atoms with Gasteiger partial charge in [-0.15, -0.1) is 0 Å². The Balaban J connectivity index is 1.91. The summed E-state index contributed by atoms with van der Waals surface area (Å²) >= 11 is 0. The Kier molecular flexibility index (Phi) is 9.87. The van der Waals surface area contributed by atoms with Gasteiger partial charge in [0.25, 0.3) is 0 Å². The van der Waals surface area contributed by atoms with Gasteiger partial charge >= 0.3 is 12.1 Å². The molecule has 3 aromatic rings. The lowest BCUT2D eigenvalue weighted by atomic mass is 9.99. The number of rotatable bonds is 12. The van der Waals surface area contributed by atoms with Gasteiger partial charge in [-0.2, -0.15) is 0 Å². The van der Waals surface area contributed by atoms with E-state index in [0.29, 0.717) is 29.0 Å². The number of anilines is 1. The number of aromatic hydroxyl groups is 1. The molecule has 0 spiro atoms. The maximum Gasteiger partial charge on any atom is 0.412 e. The highest BCUT2D eigenvalue weighted by atomic mass is 16.6. The molecule has 198 valence electrons. The van der Waals surface area contributed by atoms with Crippen molar-refractivity contribution >= 4 is 23.5 Å². The normalized spacial score (nSPS) is 12.4. The minimum Gasteiger partial charge on any atom is -0.504 e. The fourth-order valence-corrected chi connectivity index (χ4v) is 3.68. The van der Waals surface area contributed by atoms with Crippen molar-refractivity contribution in [3.8, 4) is 17.2 Å². The number of phenols is 1. The molecule has 1 amide bonds. The van der Waals surface area contributed by atoms with Crippen LogP contribution >= 0.6 is 0 Å². The Morgan fingerprint density at radius 2 is 1.71 bits per heavy atom. The number of para-hydroxylation sites is 1. The monoisotopic (exact) mass is 519 g/mol. The van der Waals surface area contributed by atoms with Crippen LogP contribution in [-0.2, 0) is 9.53 Å². The summed E-state index contributed by atoms with van der Waals surface area (Å²) in [5.41, 5.74) is 1.36. The molecule has 0 aliphatic carbocycles. The molecule has 38 heavy (non-hydrogen) atoms. The lowest BCUT2D eigenvalue weighted by Gasteiger charge is -2.28. The van der Waals surface area contributed by atoms with Crippen molar-refractivity contribution in [2.45, 2.75) is 32.0 Å². The number of amides is 1. The second-order valence-electron chi connectivity index (χ2n) is 8.30. The lowest BCUT2D eigenvalue weighted by molar-refractivity contribution is -0.131. The van der Waals surface area contributed by atoms with E-state index >= 15 is 0 Å². The first-order chi connectivity index (χ1) is 18.3. The maximum absolute atomic E-state index is 13.0. The Labute approximate surface area is 220 Å². The number of hydrogen-bond donors (Lipinski definition) is 3. The van der Waals surface area contributed by atoms with Crippen LogP contribution in [0.25, 0.3) is 0 Å². The molecule has 0 heterocycles. The molecule has 0 saturated heterocycles. The van der Waals surface area contributed by atoms with E-state index in [4.69, 9.17) is 19.3 Å². The Bertz CT molecular complexity index is 1270. The zero-order valence-electron chi connectivity index (χ0n) is 21.0. The van der Waals surface area contributed by atoms with Gasteiger partial charge in [-0.05, 0) is 68.3 Å². The molecule has 0 fully saturated rings. The van der Waals surface area contributed by atoms with Crippen molar-refractivity contribution in [2.75, 3.05) is 12.4 Å². The lowest BCUT2D eigenvalue weighted by Crippen LogP contribution is -2.31. The molecular weight excluding hydrogens is 490 g/mol. The topological polar surface area (TPSA) is 131 Å². The summed E-state index contributed by atoms with van der Waals surface area (Å²) in [7, 11) is 1.42. The van der Waals surface area contributed by atoms with Crippen LogP contribution in [0.15, 0.2) is 84.9 Å². The fraction of sp³-hybridized carbons (Fsp3) is 0.207. The van der Waals surface area contributed by atoms with Crippen molar-refractivity contribution in [1.29, 1.82) is 0 Å². The van der Waals surface area contributed by atoms with Gasteiger partial charge in [0.1, 0.15) is 11.9 Å². The largest absolute Gasteiger partial charge is 0.504 e. The van der Waals surface area contributed by atoms with Crippen LogP contribution in [0.5, 0.6) is 17.2 Å². The zero-order chi connectivity index (χ0) is 27.5. The van der Waals surface area contributed by atoms with Crippen LogP contribution in [-0.4, -0.2) is 41.3 Å². The summed E-state index contributed by atoms with van der Waals surface area (Å²) in [4.78, 5) is 35.4. The molecule has 2 atom stereocenters. The summed E-state index contributed by atoms with van der Waals surface area (Å²) in [6.45, 7) is 1.45. The highest BCUT2D eigenvalue weighted by Gasteiger charge is 2.30. The first-order valence-corrected chi connectivity index (χ1v) is 11.8. The van der Waals surface area contributed by atoms with E-state index in [2.05, 4.69) is 5.32 Å². The summed E-state index contributed by atoms with van der Waals surface area (Å²) < 4.78 is 17.2. The zero-order valence-corrected chi connectivity index (χ0v) is 21.0. The van der Waals surface area contributed by atoms with E-state index in [1.165, 1.54) is 26.2 Å². The van der Waals surface area contributed by atoms with Crippen LogP contribution in [0.3, 0.4) is 0 Å². The summed E-state index contributed by atoms with van der Waals surface area (Å²) in [5.74, 6) is -0.563. The fourth-order valence-electron chi connectivity index (χ4n) is 3.68. The number of Topliss-reactive ketones (excluding diaryl/α,β-unsaturated/α-hetero) is 1.